The summed E-state index contributed by atoms with van der Waals surface area (Å²) in [4.78, 5) is 11.4. The predicted octanol–water partition coefficient (Wildman–Crippen LogP) is 2.34. The summed E-state index contributed by atoms with van der Waals surface area (Å²) in [5.41, 5.74) is 6.72. The van der Waals surface area contributed by atoms with Crippen molar-refractivity contribution in [2.45, 2.75) is 13.8 Å². The number of hydrogen-bond donors (Lipinski definition) is 2. The van der Waals surface area contributed by atoms with Gasteiger partial charge in [-0.15, -0.1) is 0 Å². The number of carbonyl (C=O) groups is 1. The highest BCUT2D eigenvalue weighted by Gasteiger charge is 2.08. The molecule has 90 valence electrons. The third-order valence-corrected chi connectivity index (χ3v) is 1.95. The van der Waals surface area contributed by atoms with Crippen LogP contribution in [0.4, 0.5) is 16.2 Å². The van der Waals surface area contributed by atoms with Crippen LogP contribution in [-0.2, 0) is 4.74 Å². The number of benzene rings is 1. The molecule has 0 aliphatic carbocycles. The molecule has 0 atom stereocenters. The SMILES string of the molecule is CC(C)COC(=O)Nc1ccc(N)cc1C#N. The van der Waals surface area contributed by atoms with E-state index >= 15 is 0 Å². The van der Waals surface area contributed by atoms with E-state index in [-0.39, 0.29) is 5.92 Å². The predicted molar refractivity (Wildman–Crippen MR) is 65.4 cm³/mol. The van der Waals surface area contributed by atoms with E-state index in [1.54, 1.807) is 12.1 Å². The topological polar surface area (TPSA) is 88.1 Å². The summed E-state index contributed by atoms with van der Waals surface area (Å²) in [5.74, 6) is 0.266. The Kier molecular flexibility index (Phi) is 4.35. The molecular weight excluding hydrogens is 218 g/mol. The van der Waals surface area contributed by atoms with E-state index in [1.165, 1.54) is 6.07 Å². The molecule has 1 aromatic carbocycles. The zero-order valence-corrected chi connectivity index (χ0v) is 9.86. The van der Waals surface area contributed by atoms with Crippen molar-refractivity contribution in [1.82, 2.24) is 0 Å². The van der Waals surface area contributed by atoms with Crippen molar-refractivity contribution >= 4 is 17.5 Å². The molecule has 17 heavy (non-hydrogen) atoms. The molecule has 0 saturated heterocycles. The van der Waals surface area contributed by atoms with Crippen LogP contribution in [0.1, 0.15) is 19.4 Å². The van der Waals surface area contributed by atoms with Gasteiger partial charge in [-0.3, -0.25) is 5.32 Å². The lowest BCUT2D eigenvalue weighted by Crippen LogP contribution is -2.17. The number of carbonyl (C=O) groups excluding carboxylic acids is 1. The summed E-state index contributed by atoms with van der Waals surface area (Å²) in [7, 11) is 0. The largest absolute Gasteiger partial charge is 0.449 e. The number of amides is 1. The molecular formula is C12H15N3O2. The van der Waals surface area contributed by atoms with E-state index in [4.69, 9.17) is 15.7 Å². The number of nitrogen functional groups attached to an aromatic ring is 1. The molecule has 0 radical (unpaired) electrons. The number of rotatable bonds is 3. The minimum Gasteiger partial charge on any atom is -0.449 e. The molecule has 1 amide bonds. The van der Waals surface area contributed by atoms with Gasteiger partial charge in [-0.25, -0.2) is 4.79 Å². The van der Waals surface area contributed by atoms with Crippen molar-refractivity contribution in [3.05, 3.63) is 23.8 Å². The maximum atomic E-state index is 11.4. The van der Waals surface area contributed by atoms with E-state index in [9.17, 15) is 4.79 Å². The second-order valence-corrected chi connectivity index (χ2v) is 4.03. The van der Waals surface area contributed by atoms with Gasteiger partial charge in [-0.2, -0.15) is 5.26 Å². The molecule has 0 unspecified atom stereocenters. The van der Waals surface area contributed by atoms with E-state index in [0.29, 0.717) is 23.5 Å². The molecule has 0 spiro atoms. The van der Waals surface area contributed by atoms with Crippen molar-refractivity contribution in [3.63, 3.8) is 0 Å². The van der Waals surface area contributed by atoms with Crippen LogP contribution in [-0.4, -0.2) is 12.7 Å². The fourth-order valence-electron chi connectivity index (χ4n) is 1.15. The second-order valence-electron chi connectivity index (χ2n) is 4.03. The number of nitrogens with one attached hydrogen (secondary N) is 1. The smallest absolute Gasteiger partial charge is 0.411 e. The first-order valence-corrected chi connectivity index (χ1v) is 5.26. The van der Waals surface area contributed by atoms with Crippen LogP contribution < -0.4 is 11.1 Å². The Balaban J connectivity index is 2.69. The Labute approximate surface area is 100 Å². The average molecular weight is 233 g/mol. The molecule has 0 heterocycles. The quantitative estimate of drug-likeness (QED) is 0.784. The molecule has 0 fully saturated rings. The van der Waals surface area contributed by atoms with Gasteiger partial charge in [0.2, 0.25) is 0 Å². The van der Waals surface area contributed by atoms with Crippen LogP contribution in [0.25, 0.3) is 0 Å². The Morgan fingerprint density at radius 2 is 2.29 bits per heavy atom. The van der Waals surface area contributed by atoms with E-state index in [0.717, 1.165) is 0 Å². The van der Waals surface area contributed by atoms with Crippen molar-refractivity contribution in [3.8, 4) is 6.07 Å². The summed E-state index contributed by atoms with van der Waals surface area (Å²) in [6.07, 6.45) is -0.569. The van der Waals surface area contributed by atoms with Gasteiger partial charge in [-0.1, -0.05) is 13.8 Å². The average Bonchev–Trinajstić information content (AvgIpc) is 2.28. The molecule has 0 aliphatic rings. The lowest BCUT2D eigenvalue weighted by molar-refractivity contribution is 0.147. The molecule has 1 rings (SSSR count). The van der Waals surface area contributed by atoms with Gasteiger partial charge in [0.25, 0.3) is 0 Å². The number of hydrogen-bond acceptors (Lipinski definition) is 4. The zero-order valence-electron chi connectivity index (χ0n) is 9.86. The first-order valence-electron chi connectivity index (χ1n) is 5.26. The van der Waals surface area contributed by atoms with Gasteiger partial charge < -0.3 is 10.5 Å². The van der Waals surface area contributed by atoms with Gasteiger partial charge in [0, 0.05) is 5.69 Å². The minimum absolute atomic E-state index is 0.266. The van der Waals surface area contributed by atoms with Crippen molar-refractivity contribution in [2.75, 3.05) is 17.7 Å². The Bertz CT molecular complexity index is 450. The highest BCUT2D eigenvalue weighted by Crippen LogP contribution is 2.18. The monoisotopic (exact) mass is 233 g/mol. The van der Waals surface area contributed by atoms with E-state index in [1.807, 2.05) is 19.9 Å². The number of anilines is 2. The van der Waals surface area contributed by atoms with E-state index in [2.05, 4.69) is 5.32 Å². The van der Waals surface area contributed by atoms with Gasteiger partial charge in [0.15, 0.2) is 0 Å². The Morgan fingerprint density at radius 3 is 2.88 bits per heavy atom. The second kappa shape index (κ2) is 5.75. The summed E-state index contributed by atoms with van der Waals surface area (Å²) < 4.78 is 4.95. The molecule has 0 saturated carbocycles. The first kappa shape index (κ1) is 12.8. The molecule has 0 bridgehead atoms. The zero-order chi connectivity index (χ0) is 12.8. The number of nitrogens with zero attached hydrogens (tertiary/aromatic N) is 1. The summed E-state index contributed by atoms with van der Waals surface area (Å²) in [5, 5.41) is 11.4. The van der Waals surface area contributed by atoms with Crippen LogP contribution in [0.3, 0.4) is 0 Å². The van der Waals surface area contributed by atoms with Crippen molar-refractivity contribution in [1.29, 1.82) is 5.26 Å². The number of nitriles is 1. The van der Waals surface area contributed by atoms with Gasteiger partial charge >= 0.3 is 6.09 Å². The highest BCUT2D eigenvalue weighted by molar-refractivity contribution is 5.87. The van der Waals surface area contributed by atoms with Gasteiger partial charge in [0.05, 0.1) is 17.9 Å². The Morgan fingerprint density at radius 1 is 1.59 bits per heavy atom. The highest BCUT2D eigenvalue weighted by atomic mass is 16.5. The van der Waals surface area contributed by atoms with Crippen LogP contribution >= 0.6 is 0 Å². The third kappa shape index (κ3) is 4.03. The molecule has 0 aromatic heterocycles. The van der Waals surface area contributed by atoms with Crippen LogP contribution in [0.2, 0.25) is 0 Å². The van der Waals surface area contributed by atoms with Crippen molar-refractivity contribution in [2.24, 2.45) is 5.92 Å². The maximum Gasteiger partial charge on any atom is 0.411 e. The number of nitrogens with two attached hydrogens (primary N) is 1. The minimum atomic E-state index is -0.569. The van der Waals surface area contributed by atoms with Gasteiger partial charge in [-0.05, 0) is 24.1 Å². The number of ether oxygens (including phenoxy) is 1. The summed E-state index contributed by atoms with van der Waals surface area (Å²) in [6, 6.07) is 6.64. The fourth-order valence-corrected chi connectivity index (χ4v) is 1.15. The third-order valence-electron chi connectivity index (χ3n) is 1.95. The van der Waals surface area contributed by atoms with E-state index < -0.39 is 6.09 Å². The fraction of sp³-hybridized carbons (Fsp3) is 0.333. The Hall–Kier alpha value is -2.22. The lowest BCUT2D eigenvalue weighted by atomic mass is 10.2. The molecule has 5 heteroatoms. The molecule has 5 nitrogen and oxygen atoms in total. The molecule has 3 N–H and O–H groups in total. The van der Waals surface area contributed by atoms with Crippen LogP contribution in [0.15, 0.2) is 18.2 Å². The maximum absolute atomic E-state index is 11.4. The van der Waals surface area contributed by atoms with Gasteiger partial charge in [0.1, 0.15) is 6.07 Å². The first-order chi connectivity index (χ1) is 8.02. The standard InChI is InChI=1S/C12H15N3O2/c1-8(2)7-17-12(16)15-11-4-3-10(14)5-9(11)6-13/h3-5,8H,7,14H2,1-2H3,(H,15,16). The normalized spacial score (nSPS) is 9.76. The molecule has 0 aliphatic heterocycles. The van der Waals surface area contributed by atoms with Crippen LogP contribution in [0.5, 0.6) is 0 Å². The van der Waals surface area contributed by atoms with Crippen molar-refractivity contribution < 1.29 is 9.53 Å². The van der Waals surface area contributed by atoms with Crippen LogP contribution in [0, 0.1) is 17.2 Å². The summed E-state index contributed by atoms with van der Waals surface area (Å²) in [6.45, 7) is 4.22. The molecule has 1 aromatic rings. The lowest BCUT2D eigenvalue weighted by Gasteiger charge is -2.09. The summed E-state index contributed by atoms with van der Waals surface area (Å²) >= 11 is 0.